The molecule has 2 aromatic carbocycles. The van der Waals surface area contributed by atoms with Crippen LogP contribution in [0.1, 0.15) is 40.5 Å². The van der Waals surface area contributed by atoms with Crippen LogP contribution in [-0.4, -0.2) is 9.55 Å². The molecule has 0 bridgehead atoms. The van der Waals surface area contributed by atoms with Crippen LogP contribution in [0.2, 0.25) is 5.02 Å². The molecule has 0 saturated heterocycles. The zero-order chi connectivity index (χ0) is 23.1. The molecule has 1 aliphatic rings. The molecule has 4 nitrogen and oxygen atoms in total. The summed E-state index contributed by atoms with van der Waals surface area (Å²) >= 11 is 9.63. The molecule has 0 radical (unpaired) electrons. The second-order valence-electron chi connectivity index (χ2n) is 8.60. The van der Waals surface area contributed by atoms with Crippen molar-refractivity contribution < 1.29 is 0 Å². The zero-order valence-electron chi connectivity index (χ0n) is 18.4. The van der Waals surface area contributed by atoms with Crippen molar-refractivity contribution in [2.45, 2.75) is 44.0 Å². The Kier molecular flexibility index (Phi) is 6.05. The molecule has 0 unspecified atom stereocenters. The smallest absolute Gasteiger partial charge is 0.267 e. The highest BCUT2D eigenvalue weighted by atomic mass is 35.5. The van der Waals surface area contributed by atoms with Crippen LogP contribution >= 0.6 is 34.7 Å². The fraction of sp³-hybridized carbons (Fsp3) is 0.269. The van der Waals surface area contributed by atoms with E-state index in [4.69, 9.17) is 21.8 Å². The minimum absolute atomic E-state index is 0.0192. The molecule has 2 aromatic heterocycles. The van der Waals surface area contributed by atoms with E-state index in [-0.39, 0.29) is 5.56 Å². The highest BCUT2D eigenvalue weighted by molar-refractivity contribution is 7.98. The van der Waals surface area contributed by atoms with Crippen LogP contribution in [0, 0.1) is 24.2 Å². The van der Waals surface area contributed by atoms with Gasteiger partial charge in [-0.05, 0) is 73.1 Å². The molecule has 4 aromatic rings. The van der Waals surface area contributed by atoms with Crippen LogP contribution < -0.4 is 5.56 Å². The number of aryl methyl sites for hydroxylation is 2. The van der Waals surface area contributed by atoms with Crippen molar-refractivity contribution in [1.82, 2.24) is 9.55 Å². The second-order valence-corrected chi connectivity index (χ2v) is 11.0. The molecule has 0 spiro atoms. The molecule has 0 amide bonds. The Bertz CT molecular complexity index is 1460. The Balaban J connectivity index is 1.64. The molecule has 0 aliphatic heterocycles. The Morgan fingerprint density at radius 1 is 1.27 bits per heavy atom. The summed E-state index contributed by atoms with van der Waals surface area (Å²) in [5, 5.41) is 11.1. The molecule has 0 fully saturated rings. The minimum atomic E-state index is -0.0192. The summed E-state index contributed by atoms with van der Waals surface area (Å²) in [5.74, 6) is 1.28. The summed E-state index contributed by atoms with van der Waals surface area (Å²) in [4.78, 5) is 21.0. The molecule has 0 N–H and O–H groups in total. The van der Waals surface area contributed by atoms with Gasteiger partial charge in [-0.15, -0.1) is 11.3 Å². The molecule has 1 atom stereocenters. The van der Waals surface area contributed by atoms with Gasteiger partial charge in [-0.3, -0.25) is 9.36 Å². The van der Waals surface area contributed by atoms with E-state index in [2.05, 4.69) is 13.0 Å². The number of thioether (sulfide) groups is 1. The monoisotopic (exact) mass is 491 g/mol. The van der Waals surface area contributed by atoms with E-state index >= 15 is 0 Å². The van der Waals surface area contributed by atoms with Gasteiger partial charge in [0.1, 0.15) is 4.83 Å². The number of hydrogen-bond acceptors (Lipinski definition) is 5. The van der Waals surface area contributed by atoms with Crippen LogP contribution in [0.15, 0.2) is 52.4 Å². The first kappa shape index (κ1) is 22.2. The van der Waals surface area contributed by atoms with Gasteiger partial charge in [0.2, 0.25) is 0 Å². The van der Waals surface area contributed by atoms with Crippen LogP contribution in [0.4, 0.5) is 0 Å². The average Bonchev–Trinajstić information content (AvgIpc) is 3.17. The molecule has 33 heavy (non-hydrogen) atoms. The fourth-order valence-electron chi connectivity index (χ4n) is 4.24. The summed E-state index contributed by atoms with van der Waals surface area (Å²) < 4.78 is 1.72. The van der Waals surface area contributed by atoms with Gasteiger partial charge in [0, 0.05) is 15.7 Å². The molecular weight excluding hydrogens is 470 g/mol. The van der Waals surface area contributed by atoms with Crippen molar-refractivity contribution in [1.29, 1.82) is 5.26 Å². The van der Waals surface area contributed by atoms with Gasteiger partial charge in [0.15, 0.2) is 5.16 Å². The van der Waals surface area contributed by atoms with Gasteiger partial charge in [-0.2, -0.15) is 5.26 Å². The number of benzene rings is 2. The normalized spacial score (nSPS) is 15.4. The van der Waals surface area contributed by atoms with E-state index in [1.54, 1.807) is 15.9 Å². The number of rotatable bonds is 4. The van der Waals surface area contributed by atoms with Gasteiger partial charge >= 0.3 is 0 Å². The summed E-state index contributed by atoms with van der Waals surface area (Å²) in [5.41, 5.74) is 4.57. The first-order valence-corrected chi connectivity index (χ1v) is 13.1. The highest BCUT2D eigenvalue weighted by Crippen LogP contribution is 2.37. The van der Waals surface area contributed by atoms with Gasteiger partial charge < -0.3 is 0 Å². The number of aromatic nitrogens is 2. The Morgan fingerprint density at radius 3 is 2.79 bits per heavy atom. The maximum absolute atomic E-state index is 13.9. The Morgan fingerprint density at radius 2 is 2.06 bits per heavy atom. The van der Waals surface area contributed by atoms with Crippen molar-refractivity contribution >= 4 is 44.9 Å². The molecule has 0 saturated carbocycles. The first-order chi connectivity index (χ1) is 15.9. The van der Waals surface area contributed by atoms with E-state index in [1.807, 2.05) is 49.4 Å². The number of nitrogens with zero attached hydrogens (tertiary/aromatic N) is 3. The predicted molar refractivity (Wildman–Crippen MR) is 137 cm³/mol. The maximum atomic E-state index is 13.9. The third-order valence-corrected chi connectivity index (χ3v) is 8.73. The van der Waals surface area contributed by atoms with Gasteiger partial charge in [0.05, 0.1) is 22.7 Å². The second kappa shape index (κ2) is 8.98. The molecule has 1 aliphatic carbocycles. The van der Waals surface area contributed by atoms with Gasteiger partial charge in [0.25, 0.3) is 5.56 Å². The van der Waals surface area contributed by atoms with Crippen molar-refractivity contribution in [3.05, 3.63) is 85.0 Å². The van der Waals surface area contributed by atoms with Gasteiger partial charge in [-0.1, -0.05) is 48.5 Å². The van der Waals surface area contributed by atoms with Crippen molar-refractivity contribution in [3.8, 4) is 11.8 Å². The van der Waals surface area contributed by atoms with Crippen LogP contribution in [0.3, 0.4) is 0 Å². The number of fused-ring (bicyclic) bond motifs is 3. The summed E-state index contributed by atoms with van der Waals surface area (Å²) in [6.07, 6.45) is 3.05. The lowest BCUT2D eigenvalue weighted by Crippen LogP contribution is -2.22. The Labute approximate surface area is 205 Å². The first-order valence-electron chi connectivity index (χ1n) is 10.9. The molecular formula is C26H22ClN3OS2. The number of hydrogen-bond donors (Lipinski definition) is 0. The SMILES string of the molecule is Cc1ccc(-n2c(SCc3ccc(C#N)cc3)nc3sc4c(c3c2=O)CC[C@@H](C)C4)cc1Cl. The largest absolute Gasteiger partial charge is 0.268 e. The van der Waals surface area contributed by atoms with Crippen LogP contribution in [0.5, 0.6) is 0 Å². The lowest BCUT2D eigenvalue weighted by atomic mass is 9.89. The quantitative estimate of drug-likeness (QED) is 0.235. The van der Waals surface area contributed by atoms with Crippen LogP contribution in [0.25, 0.3) is 15.9 Å². The third-order valence-electron chi connectivity index (χ3n) is 6.16. The summed E-state index contributed by atoms with van der Waals surface area (Å²) in [7, 11) is 0. The van der Waals surface area contributed by atoms with E-state index in [1.165, 1.54) is 22.2 Å². The number of thiophene rings is 1. The molecule has 7 heteroatoms. The van der Waals surface area contributed by atoms with E-state index in [9.17, 15) is 4.79 Å². The Hall–Kier alpha value is -2.59. The molecule has 166 valence electrons. The third kappa shape index (κ3) is 4.21. The van der Waals surface area contributed by atoms with Crippen molar-refractivity contribution in [3.63, 3.8) is 0 Å². The van der Waals surface area contributed by atoms with E-state index < -0.39 is 0 Å². The summed E-state index contributed by atoms with van der Waals surface area (Å²) in [6.45, 7) is 4.22. The van der Waals surface area contributed by atoms with E-state index in [0.717, 1.165) is 46.3 Å². The van der Waals surface area contributed by atoms with Crippen LogP contribution in [-0.2, 0) is 18.6 Å². The standard InChI is InChI=1S/C26H22ClN3OS2/c1-15-3-10-20-22(11-15)33-24-23(20)25(31)30(19-9-4-16(2)21(27)12-19)26(29-24)32-14-18-7-5-17(13-28)6-8-18/h4-9,12,15H,3,10-11,14H2,1-2H3/t15-/m1/s1. The minimum Gasteiger partial charge on any atom is -0.268 e. The molecule has 2 heterocycles. The topological polar surface area (TPSA) is 58.7 Å². The number of halogens is 1. The number of nitriles is 1. The van der Waals surface area contributed by atoms with Crippen molar-refractivity contribution in [2.75, 3.05) is 0 Å². The maximum Gasteiger partial charge on any atom is 0.267 e. The zero-order valence-corrected chi connectivity index (χ0v) is 20.8. The summed E-state index contributed by atoms with van der Waals surface area (Å²) in [6, 6.07) is 15.4. The van der Waals surface area contributed by atoms with Gasteiger partial charge in [-0.25, -0.2) is 4.98 Å². The lowest BCUT2D eigenvalue weighted by Gasteiger charge is -2.18. The predicted octanol–water partition coefficient (Wildman–Crippen LogP) is 6.70. The van der Waals surface area contributed by atoms with E-state index in [0.29, 0.717) is 27.4 Å². The fourth-order valence-corrected chi connectivity index (χ4v) is 6.81. The highest BCUT2D eigenvalue weighted by Gasteiger charge is 2.25. The lowest BCUT2D eigenvalue weighted by molar-refractivity contribution is 0.509. The van der Waals surface area contributed by atoms with Crippen molar-refractivity contribution in [2.24, 2.45) is 5.92 Å². The molecule has 5 rings (SSSR count). The average molecular weight is 492 g/mol.